The van der Waals surface area contributed by atoms with Crippen LogP contribution in [0.2, 0.25) is 0 Å². The molecule has 0 aromatic carbocycles. The second-order valence-electron chi connectivity index (χ2n) is 6.22. The summed E-state index contributed by atoms with van der Waals surface area (Å²) in [5, 5.41) is 11.5. The lowest BCUT2D eigenvalue weighted by Crippen LogP contribution is -2.44. The van der Waals surface area contributed by atoms with Gasteiger partial charge in [0.1, 0.15) is 11.7 Å². The van der Waals surface area contributed by atoms with Crippen molar-refractivity contribution in [1.29, 1.82) is 0 Å². The molecule has 0 fully saturated rings. The van der Waals surface area contributed by atoms with Gasteiger partial charge < -0.3 is 10.4 Å². The van der Waals surface area contributed by atoms with Crippen LogP contribution >= 0.6 is 0 Å². The molecule has 0 radical (unpaired) electrons. The molecule has 0 saturated heterocycles. The quantitative estimate of drug-likeness (QED) is 0.885. The molecule has 110 valence electrons. The van der Waals surface area contributed by atoms with Crippen LogP contribution in [0.1, 0.15) is 50.7 Å². The minimum atomic E-state index is -1.04. The Morgan fingerprint density at radius 3 is 2.20 bits per heavy atom. The van der Waals surface area contributed by atoms with Gasteiger partial charge in [0.25, 0.3) is 5.91 Å². The molecule has 1 atom stereocenters. The molecule has 0 bridgehead atoms. The van der Waals surface area contributed by atoms with Gasteiger partial charge in [-0.25, -0.2) is 4.79 Å². The van der Waals surface area contributed by atoms with E-state index in [9.17, 15) is 9.59 Å². The minimum Gasteiger partial charge on any atom is -0.480 e. The molecule has 1 aromatic rings. The molecule has 5 nitrogen and oxygen atoms in total. The number of aromatic nitrogens is 1. The summed E-state index contributed by atoms with van der Waals surface area (Å²) >= 11 is 0. The van der Waals surface area contributed by atoms with Crippen molar-refractivity contribution in [1.82, 2.24) is 10.3 Å². The zero-order valence-electron chi connectivity index (χ0n) is 12.6. The molecule has 1 aromatic heterocycles. The standard InChI is InChI=1S/C15H22N2O3/c1-9(2)12(14(19)20)17-13(18)11-7-6-10(8-16-11)15(3,4)5/h6-9,12H,1-5H3,(H,17,18)(H,19,20)/t12-/m1/s1. The molecule has 0 aliphatic heterocycles. The Kier molecular flexibility index (Phi) is 4.87. The summed E-state index contributed by atoms with van der Waals surface area (Å²) in [7, 11) is 0. The van der Waals surface area contributed by atoms with Crippen LogP contribution in [0.5, 0.6) is 0 Å². The number of nitrogens with zero attached hydrogens (tertiary/aromatic N) is 1. The first-order valence-electron chi connectivity index (χ1n) is 6.63. The first kappa shape index (κ1) is 16.1. The largest absolute Gasteiger partial charge is 0.480 e. The predicted molar refractivity (Wildman–Crippen MR) is 76.7 cm³/mol. The monoisotopic (exact) mass is 278 g/mol. The van der Waals surface area contributed by atoms with E-state index < -0.39 is 17.9 Å². The summed E-state index contributed by atoms with van der Waals surface area (Å²) < 4.78 is 0. The van der Waals surface area contributed by atoms with Crippen LogP contribution in [0, 0.1) is 5.92 Å². The number of aliphatic carboxylic acids is 1. The first-order chi connectivity index (χ1) is 9.12. The normalized spacial score (nSPS) is 13.1. The van der Waals surface area contributed by atoms with E-state index in [4.69, 9.17) is 5.11 Å². The molecule has 5 heteroatoms. The van der Waals surface area contributed by atoms with Gasteiger partial charge in [-0.3, -0.25) is 9.78 Å². The lowest BCUT2D eigenvalue weighted by molar-refractivity contribution is -0.140. The predicted octanol–water partition coefficient (Wildman–Crippen LogP) is 2.22. The lowest BCUT2D eigenvalue weighted by atomic mass is 9.88. The van der Waals surface area contributed by atoms with Gasteiger partial charge in [-0.1, -0.05) is 40.7 Å². The SMILES string of the molecule is CC(C)[C@@H](NC(=O)c1ccc(C(C)(C)C)cn1)C(=O)O. The van der Waals surface area contributed by atoms with Gasteiger partial charge >= 0.3 is 5.97 Å². The Morgan fingerprint density at radius 1 is 1.25 bits per heavy atom. The summed E-state index contributed by atoms with van der Waals surface area (Å²) in [5.41, 5.74) is 1.21. The molecular formula is C15H22N2O3. The Bertz CT molecular complexity index is 487. The second kappa shape index (κ2) is 6.03. The average Bonchev–Trinajstić information content (AvgIpc) is 2.34. The Labute approximate surface area is 119 Å². The zero-order chi connectivity index (χ0) is 15.5. The van der Waals surface area contributed by atoms with Crippen molar-refractivity contribution in [2.24, 2.45) is 5.92 Å². The van der Waals surface area contributed by atoms with Crippen LogP contribution in [0.25, 0.3) is 0 Å². The smallest absolute Gasteiger partial charge is 0.326 e. The molecular weight excluding hydrogens is 256 g/mol. The number of carboxylic acid groups (broad SMARTS) is 1. The van der Waals surface area contributed by atoms with E-state index in [1.807, 2.05) is 6.07 Å². The van der Waals surface area contributed by atoms with Gasteiger partial charge in [0.05, 0.1) is 0 Å². The topological polar surface area (TPSA) is 79.3 Å². The van der Waals surface area contributed by atoms with E-state index in [-0.39, 0.29) is 17.0 Å². The fourth-order valence-electron chi connectivity index (χ4n) is 1.70. The van der Waals surface area contributed by atoms with E-state index in [2.05, 4.69) is 31.1 Å². The number of nitrogens with one attached hydrogen (secondary N) is 1. The van der Waals surface area contributed by atoms with Crippen molar-refractivity contribution in [3.05, 3.63) is 29.6 Å². The molecule has 0 aliphatic carbocycles. The molecule has 2 N–H and O–H groups in total. The van der Waals surface area contributed by atoms with E-state index in [0.29, 0.717) is 0 Å². The van der Waals surface area contributed by atoms with E-state index in [0.717, 1.165) is 5.56 Å². The highest BCUT2D eigenvalue weighted by molar-refractivity contribution is 5.95. The maximum absolute atomic E-state index is 12.0. The Morgan fingerprint density at radius 2 is 1.85 bits per heavy atom. The van der Waals surface area contributed by atoms with Crippen LogP contribution in [0.3, 0.4) is 0 Å². The third-order valence-corrected chi connectivity index (χ3v) is 3.08. The molecule has 1 heterocycles. The van der Waals surface area contributed by atoms with Crippen molar-refractivity contribution in [2.45, 2.75) is 46.1 Å². The molecule has 0 aliphatic rings. The lowest BCUT2D eigenvalue weighted by Gasteiger charge is -2.19. The van der Waals surface area contributed by atoms with Crippen molar-refractivity contribution >= 4 is 11.9 Å². The Balaban J connectivity index is 2.85. The highest BCUT2D eigenvalue weighted by Gasteiger charge is 2.24. The number of rotatable bonds is 4. The number of pyridine rings is 1. The van der Waals surface area contributed by atoms with Gasteiger partial charge in [-0.2, -0.15) is 0 Å². The van der Waals surface area contributed by atoms with Gasteiger partial charge in [-0.05, 0) is 23.0 Å². The molecule has 0 unspecified atom stereocenters. The highest BCUT2D eigenvalue weighted by Crippen LogP contribution is 2.21. The first-order valence-corrected chi connectivity index (χ1v) is 6.63. The summed E-state index contributed by atoms with van der Waals surface area (Å²) in [6.45, 7) is 9.67. The van der Waals surface area contributed by atoms with Crippen LogP contribution in [0.4, 0.5) is 0 Å². The summed E-state index contributed by atoms with van der Waals surface area (Å²) in [6.07, 6.45) is 1.65. The molecule has 1 amide bonds. The average molecular weight is 278 g/mol. The van der Waals surface area contributed by atoms with Gasteiger partial charge in [0.2, 0.25) is 0 Å². The van der Waals surface area contributed by atoms with Crippen LogP contribution < -0.4 is 5.32 Å². The Hall–Kier alpha value is -1.91. The van der Waals surface area contributed by atoms with Crippen LogP contribution in [-0.4, -0.2) is 28.0 Å². The summed E-state index contributed by atoms with van der Waals surface area (Å²) in [5.74, 6) is -1.70. The van der Waals surface area contributed by atoms with Crippen LogP contribution in [0.15, 0.2) is 18.3 Å². The van der Waals surface area contributed by atoms with E-state index in [1.165, 1.54) is 0 Å². The number of carbonyl (C=O) groups is 2. The number of hydrogen-bond donors (Lipinski definition) is 2. The van der Waals surface area contributed by atoms with Crippen molar-refractivity contribution in [2.75, 3.05) is 0 Å². The molecule has 1 rings (SSSR count). The van der Waals surface area contributed by atoms with Crippen molar-refractivity contribution in [3.8, 4) is 0 Å². The molecule has 20 heavy (non-hydrogen) atoms. The molecule has 0 spiro atoms. The van der Waals surface area contributed by atoms with Gasteiger partial charge in [-0.15, -0.1) is 0 Å². The van der Waals surface area contributed by atoms with Crippen molar-refractivity contribution < 1.29 is 14.7 Å². The van der Waals surface area contributed by atoms with Crippen molar-refractivity contribution in [3.63, 3.8) is 0 Å². The summed E-state index contributed by atoms with van der Waals surface area (Å²) in [4.78, 5) is 27.2. The van der Waals surface area contributed by atoms with Gasteiger partial charge in [0, 0.05) is 6.20 Å². The van der Waals surface area contributed by atoms with E-state index in [1.54, 1.807) is 26.1 Å². The minimum absolute atomic E-state index is 0.0382. The highest BCUT2D eigenvalue weighted by atomic mass is 16.4. The second-order valence-corrected chi connectivity index (χ2v) is 6.22. The maximum Gasteiger partial charge on any atom is 0.326 e. The molecule has 0 saturated carbocycles. The van der Waals surface area contributed by atoms with Gasteiger partial charge in [0.15, 0.2) is 0 Å². The van der Waals surface area contributed by atoms with E-state index >= 15 is 0 Å². The number of amides is 1. The fourth-order valence-corrected chi connectivity index (χ4v) is 1.70. The number of carboxylic acids is 1. The summed E-state index contributed by atoms with van der Waals surface area (Å²) in [6, 6.07) is 2.55. The maximum atomic E-state index is 12.0. The third kappa shape index (κ3) is 4.05. The third-order valence-electron chi connectivity index (χ3n) is 3.08. The number of hydrogen-bond acceptors (Lipinski definition) is 3. The zero-order valence-corrected chi connectivity index (χ0v) is 12.6. The number of carbonyl (C=O) groups excluding carboxylic acids is 1. The van der Waals surface area contributed by atoms with Crippen LogP contribution in [-0.2, 0) is 10.2 Å². The fraction of sp³-hybridized carbons (Fsp3) is 0.533.